The Morgan fingerprint density at radius 2 is 1.78 bits per heavy atom. The first-order chi connectivity index (χ1) is 13.1. The highest BCUT2D eigenvalue weighted by Gasteiger charge is 2.18. The van der Waals surface area contributed by atoms with Crippen LogP contribution in [-0.4, -0.2) is 29.0 Å². The molecule has 1 N–H and O–H groups in total. The van der Waals surface area contributed by atoms with Gasteiger partial charge in [-0.3, -0.25) is 4.79 Å². The Hall–Kier alpha value is -2.94. The summed E-state index contributed by atoms with van der Waals surface area (Å²) in [5.41, 5.74) is 2.44. The van der Waals surface area contributed by atoms with Crippen molar-refractivity contribution in [3.63, 3.8) is 0 Å². The Balaban J connectivity index is 1.86. The monoisotopic (exact) mass is 363 g/mol. The summed E-state index contributed by atoms with van der Waals surface area (Å²) in [7, 11) is 0. The van der Waals surface area contributed by atoms with Crippen molar-refractivity contribution in [1.82, 2.24) is 9.97 Å². The van der Waals surface area contributed by atoms with Gasteiger partial charge in [-0.2, -0.15) is 5.26 Å². The topological polar surface area (TPSA) is 81.9 Å². The van der Waals surface area contributed by atoms with Crippen LogP contribution < -0.4 is 10.2 Å². The van der Waals surface area contributed by atoms with Gasteiger partial charge in [0, 0.05) is 24.5 Å². The van der Waals surface area contributed by atoms with Gasteiger partial charge >= 0.3 is 0 Å². The third-order valence-corrected chi connectivity index (χ3v) is 4.72. The van der Waals surface area contributed by atoms with Gasteiger partial charge < -0.3 is 10.2 Å². The average molecular weight is 363 g/mol. The maximum Gasteiger partial charge on any atom is 0.274 e. The lowest BCUT2D eigenvalue weighted by molar-refractivity contribution is 0.102. The number of carbonyl (C=O) groups is 1. The van der Waals surface area contributed by atoms with Crippen LogP contribution in [0.1, 0.15) is 67.2 Å². The molecule has 1 aromatic carbocycles. The van der Waals surface area contributed by atoms with Gasteiger partial charge in [0.05, 0.1) is 11.6 Å². The summed E-state index contributed by atoms with van der Waals surface area (Å²) in [6, 6.07) is 10.6. The first kappa shape index (κ1) is 18.8. The molecule has 6 nitrogen and oxygen atoms in total. The van der Waals surface area contributed by atoms with Gasteiger partial charge in [-0.1, -0.05) is 26.7 Å². The van der Waals surface area contributed by atoms with Crippen molar-refractivity contribution in [2.45, 2.75) is 45.4 Å². The Labute approximate surface area is 160 Å². The highest BCUT2D eigenvalue weighted by molar-refractivity contribution is 6.03. The van der Waals surface area contributed by atoms with E-state index in [2.05, 4.69) is 35.1 Å². The maximum atomic E-state index is 12.8. The number of amides is 1. The Kier molecular flexibility index (Phi) is 6.02. The highest BCUT2D eigenvalue weighted by atomic mass is 16.1. The largest absolute Gasteiger partial charge is 0.341 e. The number of nitrogens with zero attached hydrogens (tertiary/aromatic N) is 4. The molecular weight excluding hydrogens is 338 g/mol. The molecule has 0 atom stereocenters. The lowest BCUT2D eigenvalue weighted by Gasteiger charge is -2.22. The number of nitriles is 1. The smallest absolute Gasteiger partial charge is 0.274 e. The molecule has 6 heteroatoms. The fraction of sp³-hybridized carbons (Fsp3) is 0.429. The minimum atomic E-state index is -0.264. The SMILES string of the molecule is CC(C)c1cc(C(=O)Nc2ccc(C#N)cc2)nc(N2CCCCCC2)n1. The molecule has 1 saturated heterocycles. The van der Waals surface area contributed by atoms with E-state index >= 15 is 0 Å². The van der Waals surface area contributed by atoms with E-state index in [0.717, 1.165) is 31.6 Å². The number of rotatable bonds is 4. The summed E-state index contributed by atoms with van der Waals surface area (Å²) in [6.45, 7) is 5.99. The molecule has 1 aliphatic rings. The second-order valence-corrected chi connectivity index (χ2v) is 7.18. The van der Waals surface area contributed by atoms with E-state index in [1.165, 1.54) is 12.8 Å². The van der Waals surface area contributed by atoms with Crippen molar-refractivity contribution >= 4 is 17.5 Å². The van der Waals surface area contributed by atoms with Gasteiger partial charge in [-0.15, -0.1) is 0 Å². The summed E-state index contributed by atoms with van der Waals surface area (Å²) in [4.78, 5) is 24.2. The molecule has 0 saturated carbocycles. The van der Waals surface area contributed by atoms with Crippen LogP contribution >= 0.6 is 0 Å². The number of hydrogen-bond donors (Lipinski definition) is 1. The number of carbonyl (C=O) groups excluding carboxylic acids is 1. The second kappa shape index (κ2) is 8.63. The van der Waals surface area contributed by atoms with Crippen molar-refractivity contribution in [3.8, 4) is 6.07 Å². The van der Waals surface area contributed by atoms with Crippen LogP contribution in [0, 0.1) is 11.3 Å². The zero-order chi connectivity index (χ0) is 19.2. The quantitative estimate of drug-likeness (QED) is 0.884. The Morgan fingerprint density at radius 1 is 1.11 bits per heavy atom. The van der Waals surface area contributed by atoms with Crippen LogP contribution in [0.3, 0.4) is 0 Å². The molecule has 0 spiro atoms. The summed E-state index contributed by atoms with van der Waals surface area (Å²) in [5, 5.41) is 11.7. The van der Waals surface area contributed by atoms with Gasteiger partial charge in [-0.05, 0) is 49.1 Å². The van der Waals surface area contributed by atoms with Crippen molar-refractivity contribution < 1.29 is 4.79 Å². The standard InChI is InChI=1S/C21H25N5O/c1-15(2)18-13-19(20(27)23-17-9-7-16(14-22)8-10-17)25-21(24-18)26-11-5-3-4-6-12-26/h7-10,13,15H,3-6,11-12H2,1-2H3,(H,23,27). The van der Waals surface area contributed by atoms with Gasteiger partial charge in [0.2, 0.25) is 5.95 Å². The molecule has 1 fully saturated rings. The lowest BCUT2D eigenvalue weighted by atomic mass is 10.1. The van der Waals surface area contributed by atoms with Gasteiger partial charge in [-0.25, -0.2) is 9.97 Å². The van der Waals surface area contributed by atoms with Crippen LogP contribution in [-0.2, 0) is 0 Å². The molecule has 2 aromatic rings. The number of anilines is 2. The van der Waals surface area contributed by atoms with Crippen molar-refractivity contribution in [2.75, 3.05) is 23.3 Å². The first-order valence-corrected chi connectivity index (χ1v) is 9.52. The number of benzene rings is 1. The average Bonchev–Trinajstić information content (AvgIpc) is 2.97. The van der Waals surface area contributed by atoms with E-state index in [0.29, 0.717) is 22.9 Å². The van der Waals surface area contributed by atoms with Crippen molar-refractivity contribution in [1.29, 1.82) is 5.26 Å². The number of aromatic nitrogens is 2. The van der Waals surface area contributed by atoms with E-state index in [1.54, 1.807) is 30.3 Å². The molecule has 0 aliphatic carbocycles. The summed E-state index contributed by atoms with van der Waals surface area (Å²) in [5.74, 6) is 0.591. The van der Waals surface area contributed by atoms with E-state index in [4.69, 9.17) is 10.2 Å². The molecular formula is C21H25N5O. The summed E-state index contributed by atoms with van der Waals surface area (Å²) in [6.07, 6.45) is 4.71. The van der Waals surface area contributed by atoms with Crippen LogP contribution in [0.2, 0.25) is 0 Å². The second-order valence-electron chi connectivity index (χ2n) is 7.18. The predicted octanol–water partition coefficient (Wildman–Crippen LogP) is 4.10. The Bertz CT molecular complexity index is 831. The third-order valence-electron chi connectivity index (χ3n) is 4.72. The summed E-state index contributed by atoms with van der Waals surface area (Å²) >= 11 is 0. The van der Waals surface area contributed by atoms with Gasteiger partial charge in [0.25, 0.3) is 5.91 Å². The lowest BCUT2D eigenvalue weighted by Crippen LogP contribution is -2.28. The van der Waals surface area contributed by atoms with Gasteiger partial charge in [0.15, 0.2) is 0 Å². The van der Waals surface area contributed by atoms with Crippen molar-refractivity contribution in [3.05, 3.63) is 47.3 Å². The maximum absolute atomic E-state index is 12.8. The highest BCUT2D eigenvalue weighted by Crippen LogP contribution is 2.21. The molecule has 0 unspecified atom stereocenters. The zero-order valence-corrected chi connectivity index (χ0v) is 15.9. The van der Waals surface area contributed by atoms with E-state index in [-0.39, 0.29) is 11.8 Å². The molecule has 1 aromatic heterocycles. The molecule has 3 rings (SSSR count). The first-order valence-electron chi connectivity index (χ1n) is 9.52. The molecule has 1 amide bonds. The van der Waals surface area contributed by atoms with Crippen molar-refractivity contribution in [2.24, 2.45) is 0 Å². The molecule has 1 aliphatic heterocycles. The minimum Gasteiger partial charge on any atom is -0.341 e. The normalized spacial score (nSPS) is 14.5. The third kappa shape index (κ3) is 4.82. The van der Waals surface area contributed by atoms with Gasteiger partial charge in [0.1, 0.15) is 5.69 Å². The summed E-state index contributed by atoms with van der Waals surface area (Å²) < 4.78 is 0. The molecule has 27 heavy (non-hydrogen) atoms. The molecule has 0 bridgehead atoms. The molecule has 140 valence electrons. The van der Waals surface area contributed by atoms with Crippen LogP contribution in [0.15, 0.2) is 30.3 Å². The van der Waals surface area contributed by atoms with Crippen LogP contribution in [0.5, 0.6) is 0 Å². The molecule has 2 heterocycles. The van der Waals surface area contributed by atoms with E-state index < -0.39 is 0 Å². The van der Waals surface area contributed by atoms with Crippen LogP contribution in [0.4, 0.5) is 11.6 Å². The van der Waals surface area contributed by atoms with E-state index in [1.807, 2.05) is 0 Å². The Morgan fingerprint density at radius 3 is 2.37 bits per heavy atom. The van der Waals surface area contributed by atoms with Crippen LogP contribution in [0.25, 0.3) is 0 Å². The number of hydrogen-bond acceptors (Lipinski definition) is 5. The molecule has 0 radical (unpaired) electrons. The zero-order valence-electron chi connectivity index (χ0n) is 15.9. The fourth-order valence-electron chi connectivity index (χ4n) is 3.10. The van der Waals surface area contributed by atoms with E-state index in [9.17, 15) is 4.79 Å². The fourth-order valence-corrected chi connectivity index (χ4v) is 3.10. The minimum absolute atomic E-state index is 0.209. The number of nitrogens with one attached hydrogen (secondary N) is 1. The predicted molar refractivity (Wildman–Crippen MR) is 106 cm³/mol.